The molecule has 0 saturated heterocycles. The lowest BCUT2D eigenvalue weighted by Crippen LogP contribution is -2.50. The van der Waals surface area contributed by atoms with E-state index in [1.54, 1.807) is 64.2 Å². The number of carboxylic acid groups (broad SMARTS) is 1. The van der Waals surface area contributed by atoms with E-state index in [0.717, 1.165) is 137 Å². The summed E-state index contributed by atoms with van der Waals surface area (Å²) in [6.07, 6.45) is 90.9. The van der Waals surface area contributed by atoms with Gasteiger partial charge in [0.1, 0.15) is 0 Å². The molecule has 9 aliphatic carbocycles. The van der Waals surface area contributed by atoms with E-state index in [2.05, 4.69) is 62.3 Å². The van der Waals surface area contributed by atoms with Crippen LogP contribution in [0.5, 0.6) is 0 Å². The molecule has 582 valence electrons. The van der Waals surface area contributed by atoms with Crippen molar-refractivity contribution in [3.05, 3.63) is 0 Å². The highest BCUT2D eigenvalue weighted by Gasteiger charge is 2.56. The first-order valence-electron chi connectivity index (χ1n) is 48.1. The molecule has 2 heteroatoms. The highest BCUT2D eigenvalue weighted by molar-refractivity contribution is 5.75. The highest BCUT2D eigenvalue weighted by Crippen LogP contribution is 2.63. The fourth-order valence-corrected chi connectivity index (χ4v) is 28.2. The van der Waals surface area contributed by atoms with Crippen molar-refractivity contribution in [2.24, 2.45) is 147 Å². The van der Waals surface area contributed by atoms with Gasteiger partial charge in [-0.15, -0.1) is 0 Å². The van der Waals surface area contributed by atoms with Gasteiger partial charge in [0.05, 0.1) is 5.41 Å². The second-order valence-electron chi connectivity index (χ2n) is 40.3. The van der Waals surface area contributed by atoms with Gasteiger partial charge in [-0.1, -0.05) is 332 Å². The van der Waals surface area contributed by atoms with Gasteiger partial charge in [-0.3, -0.25) is 4.79 Å². The number of aliphatic carboxylic acids is 1. The molecule has 9 aliphatic rings. The highest BCUT2D eigenvalue weighted by atomic mass is 16.4. The second-order valence-corrected chi connectivity index (χ2v) is 40.3. The molecule has 0 aromatic heterocycles. The topological polar surface area (TPSA) is 37.3 Å². The molecule has 9 fully saturated rings. The molecule has 0 heterocycles. The number of rotatable bonds is 43. The first-order valence-corrected chi connectivity index (χ1v) is 48.1. The maximum Gasteiger partial charge on any atom is 0.309 e. The maximum absolute atomic E-state index is 15.0. The minimum Gasteiger partial charge on any atom is -0.481 e. The summed E-state index contributed by atoms with van der Waals surface area (Å²) >= 11 is 0. The van der Waals surface area contributed by atoms with Gasteiger partial charge in [-0.2, -0.15) is 0 Å². The summed E-state index contributed by atoms with van der Waals surface area (Å²) in [6.45, 7) is 22.7. The summed E-state index contributed by atoms with van der Waals surface area (Å²) in [5.41, 5.74) is -0.574. The summed E-state index contributed by atoms with van der Waals surface area (Å²) in [5, 5.41) is 12.4. The zero-order chi connectivity index (χ0) is 70.5. The Morgan fingerprint density at radius 3 is 1.29 bits per heavy atom. The molecule has 0 radical (unpaired) electrons. The Kier molecular flexibility index (Phi) is 38.0. The molecule has 2 nitrogen and oxygen atoms in total. The van der Waals surface area contributed by atoms with Crippen LogP contribution in [0.4, 0.5) is 0 Å². The summed E-state index contributed by atoms with van der Waals surface area (Å²) in [4.78, 5) is 15.0. The van der Waals surface area contributed by atoms with E-state index >= 15 is 4.79 Å². The molecule has 18 unspecified atom stereocenters. The Morgan fingerprint density at radius 2 is 0.790 bits per heavy atom. The lowest BCUT2D eigenvalue weighted by Gasteiger charge is -2.56. The fraction of sp³-hybridized carbons (Fsp3) is 0.990. The van der Waals surface area contributed by atoms with Crippen LogP contribution < -0.4 is 0 Å². The molecule has 0 aromatic carbocycles. The average Bonchev–Trinajstić information content (AvgIpc) is 0.753. The molecule has 0 spiro atoms. The van der Waals surface area contributed by atoms with Gasteiger partial charge in [-0.05, 0) is 277 Å². The SMILES string of the molecule is CCCCCCCC1CC(CC2CC(CC3(C(=O)O)CCC(C4CC(C5CCCCC5)C(C5CCC(C6CCCCC6)CC5)C(C5CCC(C6CCCCC6)CC5)C4)CC3C)C(C)C(CCCCCCC)C2CC(CCCC)CCCCCC)CC(C)C1CC(CCCC)CCCCCC. The van der Waals surface area contributed by atoms with Crippen molar-refractivity contribution in [2.75, 3.05) is 0 Å². The molecule has 9 rings (SSSR count). The van der Waals surface area contributed by atoms with Crippen molar-refractivity contribution < 1.29 is 9.90 Å². The van der Waals surface area contributed by atoms with Crippen molar-refractivity contribution in [3.63, 3.8) is 0 Å². The van der Waals surface area contributed by atoms with Crippen molar-refractivity contribution in [1.29, 1.82) is 0 Å². The van der Waals surface area contributed by atoms with Crippen molar-refractivity contribution >= 4 is 5.97 Å². The molecule has 1 N–H and O–H groups in total. The van der Waals surface area contributed by atoms with Gasteiger partial charge in [0.15, 0.2) is 0 Å². The van der Waals surface area contributed by atoms with Gasteiger partial charge in [0, 0.05) is 0 Å². The van der Waals surface area contributed by atoms with Crippen LogP contribution >= 0.6 is 0 Å². The van der Waals surface area contributed by atoms with Crippen LogP contribution in [0, 0.1) is 147 Å². The third-order valence-corrected chi connectivity index (χ3v) is 34.0. The molecule has 0 amide bonds. The normalized spacial score (nSPS) is 36.9. The van der Waals surface area contributed by atoms with E-state index in [1.165, 1.54) is 327 Å². The molecular weight excluding hydrogens is 1210 g/mol. The summed E-state index contributed by atoms with van der Waals surface area (Å²) in [6, 6.07) is 0. The number of carbonyl (C=O) groups is 1. The molecule has 18 atom stereocenters. The predicted octanol–water partition coefficient (Wildman–Crippen LogP) is 31.7. The second kappa shape index (κ2) is 45.4. The minimum absolute atomic E-state index is 0.272. The van der Waals surface area contributed by atoms with E-state index in [9.17, 15) is 5.11 Å². The zero-order valence-electron chi connectivity index (χ0n) is 69.3. The first kappa shape index (κ1) is 83.5. The van der Waals surface area contributed by atoms with Crippen molar-refractivity contribution in [3.8, 4) is 0 Å². The lowest BCUT2D eigenvalue weighted by atomic mass is 9.48. The Hall–Kier alpha value is -0.530. The molecule has 0 aromatic rings. The van der Waals surface area contributed by atoms with E-state index in [0.29, 0.717) is 11.8 Å². The van der Waals surface area contributed by atoms with E-state index < -0.39 is 5.41 Å². The van der Waals surface area contributed by atoms with Crippen LogP contribution in [0.25, 0.3) is 0 Å². The standard InChI is InChI=1S/C98H178O2/c1-10-16-22-26-33-51-87-65-78(63-73(7)92(87)67-76(41-20-14-5)43-31-24-18-12-3)66-89-69-90(75(9)91(52-40-27-23-17-11-2)93(89)68-77(42-21-15-6)44-32-25-19-13-4)72-98(97(99)100)62-61-86(64-74(98)8)88-70-94(83-49-38-30-39-50-83)96(85-59-55-82(56-60-85)80-47-36-29-37-48-80)95(71-88)84-57-53-81(54-58-84)79-45-34-28-35-46-79/h73-96H,10-72H2,1-9H3,(H,99,100). The lowest BCUT2D eigenvalue weighted by molar-refractivity contribution is -0.161. The number of unbranched alkanes of at least 4 members (excludes halogenated alkanes) is 16. The molecule has 0 aliphatic heterocycles. The molecule has 0 bridgehead atoms. The molecule has 100 heavy (non-hydrogen) atoms. The van der Waals surface area contributed by atoms with Crippen LogP contribution in [0.1, 0.15) is 467 Å². The minimum atomic E-state index is -0.574. The van der Waals surface area contributed by atoms with Gasteiger partial charge < -0.3 is 5.11 Å². The smallest absolute Gasteiger partial charge is 0.309 e. The average molecular weight is 1390 g/mol. The monoisotopic (exact) mass is 1390 g/mol. The quantitative estimate of drug-likeness (QED) is 0.0618. The number of hydrogen-bond acceptors (Lipinski definition) is 1. The van der Waals surface area contributed by atoms with Gasteiger partial charge in [-0.25, -0.2) is 0 Å². The number of carboxylic acids is 1. The third kappa shape index (κ3) is 24.5. The molecular formula is C98H178O2. The summed E-state index contributed by atoms with van der Waals surface area (Å²) in [7, 11) is 0. The van der Waals surface area contributed by atoms with E-state index in [1.807, 2.05) is 0 Å². The van der Waals surface area contributed by atoms with Crippen molar-refractivity contribution in [2.45, 2.75) is 467 Å². The third-order valence-electron chi connectivity index (χ3n) is 34.0. The van der Waals surface area contributed by atoms with E-state index in [4.69, 9.17) is 0 Å². The Bertz CT molecular complexity index is 2090. The Balaban J connectivity index is 0.988. The largest absolute Gasteiger partial charge is 0.481 e. The van der Waals surface area contributed by atoms with Crippen LogP contribution in [0.15, 0.2) is 0 Å². The van der Waals surface area contributed by atoms with Gasteiger partial charge in [0.2, 0.25) is 0 Å². The molecule has 9 saturated carbocycles. The Labute approximate surface area is 626 Å². The van der Waals surface area contributed by atoms with Gasteiger partial charge in [0.25, 0.3) is 0 Å². The zero-order valence-corrected chi connectivity index (χ0v) is 69.3. The van der Waals surface area contributed by atoms with Gasteiger partial charge >= 0.3 is 5.97 Å². The predicted molar refractivity (Wildman–Crippen MR) is 436 cm³/mol. The summed E-state index contributed by atoms with van der Waals surface area (Å²) in [5.74, 6) is 20.1. The number of hydrogen-bond donors (Lipinski definition) is 1. The van der Waals surface area contributed by atoms with E-state index in [-0.39, 0.29) is 11.9 Å². The first-order chi connectivity index (χ1) is 48.9. The maximum atomic E-state index is 15.0. The van der Waals surface area contributed by atoms with Crippen LogP contribution in [0.2, 0.25) is 0 Å². The van der Waals surface area contributed by atoms with Crippen molar-refractivity contribution in [1.82, 2.24) is 0 Å². The summed E-state index contributed by atoms with van der Waals surface area (Å²) < 4.78 is 0. The fourth-order valence-electron chi connectivity index (χ4n) is 28.2. The van der Waals surface area contributed by atoms with Crippen LogP contribution in [-0.2, 0) is 4.79 Å². The van der Waals surface area contributed by atoms with Crippen LogP contribution in [0.3, 0.4) is 0 Å². The Morgan fingerprint density at radius 1 is 0.360 bits per heavy atom. The van der Waals surface area contributed by atoms with Crippen LogP contribution in [-0.4, -0.2) is 11.1 Å².